The molecule has 0 aromatic heterocycles. The van der Waals surface area contributed by atoms with Crippen molar-refractivity contribution in [3.05, 3.63) is 29.8 Å². The number of benzene rings is 1. The first kappa shape index (κ1) is 16.5. The van der Waals surface area contributed by atoms with Crippen LogP contribution in [0.4, 0.5) is 5.69 Å². The molecule has 0 atom stereocenters. The summed E-state index contributed by atoms with van der Waals surface area (Å²) in [6.07, 6.45) is 1.05. The first-order valence-corrected chi connectivity index (χ1v) is 7.18. The van der Waals surface area contributed by atoms with E-state index < -0.39 is 5.41 Å². The summed E-state index contributed by atoms with van der Waals surface area (Å²) in [4.78, 5) is 11.7. The summed E-state index contributed by atoms with van der Waals surface area (Å²) in [5.41, 5.74) is 1.72. The standard InChI is InChI=1S/C17H27NO2/c1-7-17(5,6)18-14-10-8-13(9-11-14)12-20-15(19)16(2,3)4/h8-11,18H,7,12H2,1-6H3. The number of esters is 1. The molecule has 0 aliphatic heterocycles. The minimum Gasteiger partial charge on any atom is -0.460 e. The molecule has 0 saturated carbocycles. The fourth-order valence-corrected chi connectivity index (χ4v) is 1.53. The Morgan fingerprint density at radius 2 is 1.65 bits per heavy atom. The maximum atomic E-state index is 11.7. The zero-order valence-electron chi connectivity index (χ0n) is 13.5. The van der Waals surface area contributed by atoms with Crippen molar-refractivity contribution in [1.29, 1.82) is 0 Å². The number of hydrogen-bond donors (Lipinski definition) is 1. The molecular formula is C17H27NO2. The van der Waals surface area contributed by atoms with E-state index in [9.17, 15) is 4.79 Å². The lowest BCUT2D eigenvalue weighted by molar-refractivity contribution is -0.154. The van der Waals surface area contributed by atoms with Crippen LogP contribution in [0.3, 0.4) is 0 Å². The third kappa shape index (κ3) is 5.24. The third-order valence-corrected chi connectivity index (χ3v) is 3.30. The molecule has 0 saturated heterocycles. The second-order valence-electron chi connectivity index (χ2n) is 6.89. The van der Waals surface area contributed by atoms with E-state index >= 15 is 0 Å². The van der Waals surface area contributed by atoms with Gasteiger partial charge in [0.1, 0.15) is 6.61 Å². The number of nitrogens with one attached hydrogen (secondary N) is 1. The Kier molecular flexibility index (Phi) is 5.21. The molecule has 0 heterocycles. The zero-order chi connectivity index (χ0) is 15.4. The van der Waals surface area contributed by atoms with Gasteiger partial charge < -0.3 is 10.1 Å². The highest BCUT2D eigenvalue weighted by atomic mass is 16.5. The first-order chi connectivity index (χ1) is 9.14. The van der Waals surface area contributed by atoms with E-state index in [1.807, 2.05) is 45.0 Å². The van der Waals surface area contributed by atoms with Crippen LogP contribution in [-0.4, -0.2) is 11.5 Å². The van der Waals surface area contributed by atoms with Crippen LogP contribution in [0.2, 0.25) is 0 Å². The number of hydrogen-bond acceptors (Lipinski definition) is 3. The quantitative estimate of drug-likeness (QED) is 0.812. The van der Waals surface area contributed by atoms with Crippen molar-refractivity contribution in [2.45, 2.75) is 60.1 Å². The Bertz CT molecular complexity index is 441. The summed E-state index contributed by atoms with van der Waals surface area (Å²) < 4.78 is 5.30. The van der Waals surface area contributed by atoms with Crippen LogP contribution in [0.5, 0.6) is 0 Å². The van der Waals surface area contributed by atoms with E-state index in [1.165, 1.54) is 0 Å². The minimum absolute atomic E-state index is 0.0835. The van der Waals surface area contributed by atoms with E-state index in [0.29, 0.717) is 6.61 Å². The van der Waals surface area contributed by atoms with Crippen molar-refractivity contribution in [1.82, 2.24) is 0 Å². The maximum absolute atomic E-state index is 11.7. The summed E-state index contributed by atoms with van der Waals surface area (Å²) >= 11 is 0. The summed E-state index contributed by atoms with van der Waals surface area (Å²) in [5, 5.41) is 3.48. The fraction of sp³-hybridized carbons (Fsp3) is 0.588. The smallest absolute Gasteiger partial charge is 0.311 e. The van der Waals surface area contributed by atoms with Gasteiger partial charge in [0.15, 0.2) is 0 Å². The molecule has 1 aromatic carbocycles. The molecule has 3 nitrogen and oxygen atoms in total. The highest BCUT2D eigenvalue weighted by Gasteiger charge is 2.22. The van der Waals surface area contributed by atoms with Gasteiger partial charge >= 0.3 is 5.97 Å². The van der Waals surface area contributed by atoms with Crippen molar-refractivity contribution in [3.8, 4) is 0 Å². The van der Waals surface area contributed by atoms with Crippen LogP contribution < -0.4 is 5.32 Å². The van der Waals surface area contributed by atoms with Crippen molar-refractivity contribution >= 4 is 11.7 Å². The average molecular weight is 277 g/mol. The normalized spacial score (nSPS) is 12.1. The van der Waals surface area contributed by atoms with Crippen LogP contribution in [0.25, 0.3) is 0 Å². The molecule has 0 aliphatic carbocycles. The number of rotatable bonds is 5. The summed E-state index contributed by atoms with van der Waals surface area (Å²) in [5.74, 6) is -0.174. The van der Waals surface area contributed by atoms with Gasteiger partial charge in [0, 0.05) is 11.2 Å². The van der Waals surface area contributed by atoms with Crippen LogP contribution in [-0.2, 0) is 16.1 Å². The second kappa shape index (κ2) is 6.29. The second-order valence-corrected chi connectivity index (χ2v) is 6.89. The highest BCUT2D eigenvalue weighted by Crippen LogP contribution is 2.20. The molecule has 3 heteroatoms. The molecule has 0 spiro atoms. The maximum Gasteiger partial charge on any atom is 0.311 e. The Morgan fingerprint density at radius 3 is 2.10 bits per heavy atom. The van der Waals surface area contributed by atoms with Crippen molar-refractivity contribution in [2.75, 3.05) is 5.32 Å². The van der Waals surface area contributed by atoms with Crippen LogP contribution in [0.15, 0.2) is 24.3 Å². The van der Waals surface area contributed by atoms with E-state index in [4.69, 9.17) is 4.74 Å². The molecule has 0 unspecified atom stereocenters. The fourth-order valence-electron chi connectivity index (χ4n) is 1.53. The van der Waals surface area contributed by atoms with Crippen LogP contribution in [0, 0.1) is 5.41 Å². The molecule has 1 N–H and O–H groups in total. The number of anilines is 1. The number of carbonyl (C=O) groups is 1. The third-order valence-electron chi connectivity index (χ3n) is 3.30. The Hall–Kier alpha value is -1.51. The number of ether oxygens (including phenoxy) is 1. The van der Waals surface area contributed by atoms with Gasteiger partial charge in [-0.25, -0.2) is 0 Å². The lowest BCUT2D eigenvalue weighted by Gasteiger charge is -2.26. The molecule has 0 amide bonds. The predicted octanol–water partition coefficient (Wildman–Crippen LogP) is 4.38. The van der Waals surface area contributed by atoms with Gasteiger partial charge in [0.2, 0.25) is 0 Å². The molecule has 20 heavy (non-hydrogen) atoms. The zero-order valence-corrected chi connectivity index (χ0v) is 13.5. The summed E-state index contributed by atoms with van der Waals surface area (Å²) in [6.45, 7) is 12.4. The molecule has 1 aromatic rings. The average Bonchev–Trinajstić information content (AvgIpc) is 2.36. The Balaban J connectivity index is 2.57. The van der Waals surface area contributed by atoms with Gasteiger partial charge in [-0.1, -0.05) is 19.1 Å². The minimum atomic E-state index is -0.452. The lowest BCUT2D eigenvalue weighted by atomic mass is 9.97. The van der Waals surface area contributed by atoms with Crippen LogP contribution in [0.1, 0.15) is 53.5 Å². The van der Waals surface area contributed by atoms with Crippen LogP contribution >= 0.6 is 0 Å². The topological polar surface area (TPSA) is 38.3 Å². The summed E-state index contributed by atoms with van der Waals surface area (Å²) in [7, 11) is 0. The molecule has 112 valence electrons. The van der Waals surface area contributed by atoms with E-state index in [0.717, 1.165) is 17.7 Å². The van der Waals surface area contributed by atoms with Gasteiger partial charge in [-0.15, -0.1) is 0 Å². The van der Waals surface area contributed by atoms with Gasteiger partial charge in [-0.2, -0.15) is 0 Å². The monoisotopic (exact) mass is 277 g/mol. The van der Waals surface area contributed by atoms with E-state index in [-0.39, 0.29) is 11.5 Å². The molecule has 0 fully saturated rings. The SMILES string of the molecule is CCC(C)(C)Nc1ccc(COC(=O)C(C)(C)C)cc1. The molecule has 0 bridgehead atoms. The largest absolute Gasteiger partial charge is 0.460 e. The molecule has 0 radical (unpaired) electrons. The van der Waals surface area contributed by atoms with E-state index in [1.54, 1.807) is 0 Å². The molecule has 1 rings (SSSR count). The summed E-state index contributed by atoms with van der Waals surface area (Å²) in [6, 6.07) is 8.03. The molecular weight excluding hydrogens is 250 g/mol. The molecule has 0 aliphatic rings. The first-order valence-electron chi connectivity index (χ1n) is 7.18. The number of carbonyl (C=O) groups excluding carboxylic acids is 1. The van der Waals surface area contributed by atoms with Gasteiger partial charge in [0.25, 0.3) is 0 Å². The van der Waals surface area contributed by atoms with Gasteiger partial charge in [-0.3, -0.25) is 4.79 Å². The Morgan fingerprint density at radius 1 is 1.10 bits per heavy atom. The van der Waals surface area contributed by atoms with E-state index in [2.05, 4.69) is 26.1 Å². The Labute approximate surface area is 122 Å². The van der Waals surface area contributed by atoms with Crippen molar-refractivity contribution in [3.63, 3.8) is 0 Å². The highest BCUT2D eigenvalue weighted by molar-refractivity contribution is 5.75. The predicted molar refractivity (Wildman–Crippen MR) is 83.7 cm³/mol. The van der Waals surface area contributed by atoms with Crippen molar-refractivity contribution < 1.29 is 9.53 Å². The lowest BCUT2D eigenvalue weighted by Crippen LogP contribution is -2.29. The van der Waals surface area contributed by atoms with Crippen molar-refractivity contribution in [2.24, 2.45) is 5.41 Å². The van der Waals surface area contributed by atoms with Gasteiger partial charge in [-0.05, 0) is 58.7 Å². The van der Waals surface area contributed by atoms with Gasteiger partial charge in [0.05, 0.1) is 5.41 Å².